The van der Waals surface area contributed by atoms with Gasteiger partial charge in [0, 0.05) is 6.54 Å². The first-order chi connectivity index (χ1) is 10.1. The van der Waals surface area contributed by atoms with Gasteiger partial charge < -0.3 is 15.4 Å². The van der Waals surface area contributed by atoms with Crippen molar-refractivity contribution in [1.82, 2.24) is 15.2 Å². The Morgan fingerprint density at radius 3 is 2.81 bits per heavy atom. The summed E-state index contributed by atoms with van der Waals surface area (Å²) in [4.78, 5) is 4.39. The number of aromatic nitrogens is 3. The molecule has 0 saturated carbocycles. The van der Waals surface area contributed by atoms with Crippen molar-refractivity contribution in [2.24, 2.45) is 5.92 Å². The van der Waals surface area contributed by atoms with Crippen molar-refractivity contribution in [3.8, 4) is 5.75 Å². The van der Waals surface area contributed by atoms with Crippen molar-refractivity contribution in [3.05, 3.63) is 30.0 Å². The molecule has 2 aromatic rings. The van der Waals surface area contributed by atoms with Gasteiger partial charge in [0.2, 0.25) is 5.95 Å². The highest BCUT2D eigenvalue weighted by atomic mass is 16.5. The molecule has 0 aliphatic rings. The maximum absolute atomic E-state index is 5.34. The largest absolute Gasteiger partial charge is 0.495 e. The molecule has 1 aromatic carbocycles. The minimum absolute atomic E-state index is 0.514. The molecule has 21 heavy (non-hydrogen) atoms. The maximum atomic E-state index is 5.34. The SMILES string of the molecule is COc1ccc(C)cc1Nc1cnnc(NCC(C)C)n1. The van der Waals surface area contributed by atoms with Crippen molar-refractivity contribution in [2.75, 3.05) is 24.3 Å². The van der Waals surface area contributed by atoms with E-state index in [0.717, 1.165) is 23.5 Å². The van der Waals surface area contributed by atoms with Gasteiger partial charge in [0.1, 0.15) is 5.75 Å². The summed E-state index contributed by atoms with van der Waals surface area (Å²) in [6.45, 7) is 7.08. The predicted molar refractivity (Wildman–Crippen MR) is 84.2 cm³/mol. The second-order valence-electron chi connectivity index (χ2n) is 5.27. The van der Waals surface area contributed by atoms with E-state index in [1.54, 1.807) is 13.3 Å². The van der Waals surface area contributed by atoms with Crippen LogP contribution in [0.3, 0.4) is 0 Å². The van der Waals surface area contributed by atoms with Crippen LogP contribution in [-0.4, -0.2) is 28.8 Å². The normalized spacial score (nSPS) is 10.5. The van der Waals surface area contributed by atoms with Crippen LogP contribution in [0.15, 0.2) is 24.4 Å². The lowest BCUT2D eigenvalue weighted by Crippen LogP contribution is -2.11. The van der Waals surface area contributed by atoms with Gasteiger partial charge in [0.25, 0.3) is 0 Å². The van der Waals surface area contributed by atoms with Crippen molar-refractivity contribution in [1.29, 1.82) is 0 Å². The number of aryl methyl sites for hydroxylation is 1. The summed E-state index contributed by atoms with van der Waals surface area (Å²) in [5, 5.41) is 14.3. The molecular weight excluding hydrogens is 266 g/mol. The van der Waals surface area contributed by atoms with Gasteiger partial charge in [0.05, 0.1) is 19.0 Å². The molecule has 0 aliphatic carbocycles. The molecule has 0 spiro atoms. The molecule has 1 heterocycles. The quantitative estimate of drug-likeness (QED) is 0.851. The zero-order chi connectivity index (χ0) is 15.2. The maximum Gasteiger partial charge on any atom is 0.244 e. The smallest absolute Gasteiger partial charge is 0.244 e. The molecule has 6 heteroatoms. The molecule has 0 amide bonds. The highest BCUT2D eigenvalue weighted by molar-refractivity contribution is 5.65. The van der Waals surface area contributed by atoms with Crippen molar-refractivity contribution >= 4 is 17.5 Å². The Kier molecular flexibility index (Phi) is 4.92. The zero-order valence-electron chi connectivity index (χ0n) is 12.8. The molecule has 0 saturated heterocycles. The lowest BCUT2D eigenvalue weighted by Gasteiger charge is -2.12. The van der Waals surface area contributed by atoms with Crippen LogP contribution in [0, 0.1) is 12.8 Å². The van der Waals surface area contributed by atoms with E-state index < -0.39 is 0 Å². The first-order valence-corrected chi connectivity index (χ1v) is 6.93. The average molecular weight is 287 g/mol. The first-order valence-electron chi connectivity index (χ1n) is 6.93. The van der Waals surface area contributed by atoms with E-state index in [-0.39, 0.29) is 0 Å². The summed E-state index contributed by atoms with van der Waals surface area (Å²) < 4.78 is 5.34. The average Bonchev–Trinajstić information content (AvgIpc) is 2.46. The van der Waals surface area contributed by atoms with Gasteiger partial charge in [-0.25, -0.2) is 0 Å². The molecule has 6 nitrogen and oxygen atoms in total. The molecule has 1 aromatic heterocycles. The van der Waals surface area contributed by atoms with Crippen LogP contribution in [0.1, 0.15) is 19.4 Å². The summed E-state index contributed by atoms with van der Waals surface area (Å²) in [6, 6.07) is 5.92. The van der Waals surface area contributed by atoms with E-state index in [0.29, 0.717) is 17.7 Å². The Balaban J connectivity index is 2.16. The third-order valence-electron chi connectivity index (χ3n) is 2.84. The fraction of sp³-hybridized carbons (Fsp3) is 0.400. The topological polar surface area (TPSA) is 72.0 Å². The van der Waals surface area contributed by atoms with Gasteiger partial charge >= 0.3 is 0 Å². The van der Waals surface area contributed by atoms with Gasteiger partial charge in [0.15, 0.2) is 5.82 Å². The number of hydrogen-bond acceptors (Lipinski definition) is 6. The van der Waals surface area contributed by atoms with Crippen LogP contribution in [0.2, 0.25) is 0 Å². The van der Waals surface area contributed by atoms with Crippen LogP contribution >= 0.6 is 0 Å². The van der Waals surface area contributed by atoms with E-state index in [1.165, 1.54) is 0 Å². The summed E-state index contributed by atoms with van der Waals surface area (Å²) in [7, 11) is 1.64. The lowest BCUT2D eigenvalue weighted by atomic mass is 10.2. The van der Waals surface area contributed by atoms with Crippen LogP contribution in [0.4, 0.5) is 17.5 Å². The van der Waals surface area contributed by atoms with Crippen molar-refractivity contribution < 1.29 is 4.74 Å². The van der Waals surface area contributed by atoms with Gasteiger partial charge in [-0.15, -0.1) is 5.10 Å². The number of rotatable bonds is 6. The Labute approximate surface area is 125 Å². The minimum Gasteiger partial charge on any atom is -0.495 e. The number of anilines is 3. The number of hydrogen-bond donors (Lipinski definition) is 2. The second-order valence-corrected chi connectivity index (χ2v) is 5.27. The lowest BCUT2D eigenvalue weighted by molar-refractivity contribution is 0.416. The molecule has 0 aliphatic heterocycles. The van der Waals surface area contributed by atoms with Gasteiger partial charge in [-0.1, -0.05) is 19.9 Å². The number of nitrogens with zero attached hydrogens (tertiary/aromatic N) is 3. The molecule has 0 radical (unpaired) electrons. The van der Waals surface area contributed by atoms with Crippen molar-refractivity contribution in [3.63, 3.8) is 0 Å². The third-order valence-corrected chi connectivity index (χ3v) is 2.84. The summed E-state index contributed by atoms with van der Waals surface area (Å²) in [6.07, 6.45) is 1.59. The van der Waals surface area contributed by atoms with Crippen LogP contribution < -0.4 is 15.4 Å². The van der Waals surface area contributed by atoms with E-state index in [2.05, 4.69) is 39.7 Å². The van der Waals surface area contributed by atoms with Crippen molar-refractivity contribution in [2.45, 2.75) is 20.8 Å². The second kappa shape index (κ2) is 6.88. The van der Waals surface area contributed by atoms with Gasteiger partial charge in [-0.3, -0.25) is 0 Å². The monoisotopic (exact) mass is 287 g/mol. The van der Waals surface area contributed by atoms with E-state index in [9.17, 15) is 0 Å². The standard InChI is InChI=1S/C15H21N5O/c1-10(2)8-16-15-19-14(9-17-20-15)18-12-7-11(3)5-6-13(12)21-4/h5-7,9-10H,8H2,1-4H3,(H2,16,18,19,20). The Morgan fingerprint density at radius 1 is 1.29 bits per heavy atom. The summed E-state index contributed by atoms with van der Waals surface area (Å²) in [5.74, 6) is 2.42. The highest BCUT2D eigenvalue weighted by Gasteiger charge is 2.06. The van der Waals surface area contributed by atoms with Crippen LogP contribution in [0.5, 0.6) is 5.75 Å². The number of methoxy groups -OCH3 is 1. The zero-order valence-corrected chi connectivity index (χ0v) is 12.8. The number of benzene rings is 1. The number of ether oxygens (including phenoxy) is 1. The Morgan fingerprint density at radius 2 is 2.10 bits per heavy atom. The molecule has 0 fully saturated rings. The van der Waals surface area contributed by atoms with Gasteiger partial charge in [-0.05, 0) is 30.5 Å². The molecule has 0 unspecified atom stereocenters. The molecule has 0 atom stereocenters. The minimum atomic E-state index is 0.514. The molecule has 0 bridgehead atoms. The molecular formula is C15H21N5O. The summed E-state index contributed by atoms with van der Waals surface area (Å²) >= 11 is 0. The molecule has 2 N–H and O–H groups in total. The van der Waals surface area contributed by atoms with E-state index in [1.807, 2.05) is 25.1 Å². The van der Waals surface area contributed by atoms with Crippen LogP contribution in [-0.2, 0) is 0 Å². The fourth-order valence-corrected chi connectivity index (χ4v) is 1.79. The Bertz CT molecular complexity index is 600. The predicted octanol–water partition coefficient (Wildman–Crippen LogP) is 3.00. The van der Waals surface area contributed by atoms with Gasteiger partial charge in [-0.2, -0.15) is 10.1 Å². The molecule has 2 rings (SSSR count). The van der Waals surface area contributed by atoms with E-state index >= 15 is 0 Å². The highest BCUT2D eigenvalue weighted by Crippen LogP contribution is 2.27. The fourth-order valence-electron chi connectivity index (χ4n) is 1.79. The van der Waals surface area contributed by atoms with E-state index in [4.69, 9.17) is 4.74 Å². The number of nitrogens with one attached hydrogen (secondary N) is 2. The summed E-state index contributed by atoms with van der Waals surface area (Å²) in [5.41, 5.74) is 1.99. The van der Waals surface area contributed by atoms with Crippen LogP contribution in [0.25, 0.3) is 0 Å². The third kappa shape index (κ3) is 4.30. The first kappa shape index (κ1) is 15.0. The molecule has 112 valence electrons. The Hall–Kier alpha value is -2.37.